The quantitative estimate of drug-likeness (QED) is 0.705. The van der Waals surface area contributed by atoms with Crippen LogP contribution in [0.15, 0.2) is 30.8 Å². The van der Waals surface area contributed by atoms with Crippen LogP contribution in [0.4, 0.5) is 13.2 Å². The highest BCUT2D eigenvalue weighted by atomic mass is 79.9. The fourth-order valence-electron chi connectivity index (χ4n) is 0.840. The Labute approximate surface area is 82.2 Å². The summed E-state index contributed by atoms with van der Waals surface area (Å²) in [6, 6.07) is 4.81. The fourth-order valence-corrected chi connectivity index (χ4v) is 1.10. The molecule has 70 valence electrons. The third kappa shape index (κ3) is 2.59. The molecule has 0 heterocycles. The van der Waals surface area contributed by atoms with Gasteiger partial charge >= 0.3 is 6.18 Å². The van der Waals surface area contributed by atoms with Gasteiger partial charge in [-0.15, -0.1) is 0 Å². The molecule has 0 radical (unpaired) electrons. The number of alkyl halides is 3. The summed E-state index contributed by atoms with van der Waals surface area (Å²) in [5.41, 5.74) is -0.00185. The maximum absolute atomic E-state index is 12.1. The Balaban J connectivity index is 3.01. The summed E-state index contributed by atoms with van der Waals surface area (Å²) >= 11 is 3.08. The fraction of sp³-hybridized carbons (Fsp3) is 0.111. The van der Waals surface area contributed by atoms with Gasteiger partial charge in [-0.05, 0) is 17.7 Å². The van der Waals surface area contributed by atoms with Crippen molar-refractivity contribution in [3.63, 3.8) is 0 Å². The van der Waals surface area contributed by atoms with E-state index < -0.39 is 11.7 Å². The lowest BCUT2D eigenvalue weighted by atomic mass is 10.1. The number of benzene rings is 1. The van der Waals surface area contributed by atoms with E-state index in [1.165, 1.54) is 12.1 Å². The third-order valence-corrected chi connectivity index (χ3v) is 1.98. The van der Waals surface area contributed by atoms with E-state index in [1.54, 1.807) is 0 Å². The lowest BCUT2D eigenvalue weighted by molar-refractivity contribution is -0.137. The van der Waals surface area contributed by atoms with Crippen LogP contribution in [0.2, 0.25) is 0 Å². The molecule has 0 aliphatic rings. The second-order valence-corrected chi connectivity index (χ2v) is 3.44. The Morgan fingerprint density at radius 2 is 1.62 bits per heavy atom. The summed E-state index contributed by atoms with van der Waals surface area (Å²) in [5, 5.41) is 0. The molecule has 0 nitrogen and oxygen atoms in total. The highest BCUT2D eigenvalue weighted by Crippen LogP contribution is 2.30. The average molecular weight is 251 g/mol. The zero-order valence-electron chi connectivity index (χ0n) is 6.53. The van der Waals surface area contributed by atoms with Gasteiger partial charge < -0.3 is 0 Å². The minimum atomic E-state index is -4.27. The molecule has 1 aromatic carbocycles. The van der Waals surface area contributed by atoms with Crippen molar-refractivity contribution in [3.8, 4) is 0 Å². The lowest BCUT2D eigenvalue weighted by Crippen LogP contribution is -2.04. The van der Waals surface area contributed by atoms with E-state index in [0.29, 0.717) is 10.0 Å². The molecule has 0 spiro atoms. The van der Waals surface area contributed by atoms with Gasteiger partial charge in [-0.2, -0.15) is 13.2 Å². The van der Waals surface area contributed by atoms with E-state index in [0.717, 1.165) is 12.1 Å². The van der Waals surface area contributed by atoms with Gasteiger partial charge in [-0.1, -0.05) is 34.6 Å². The molecule has 0 amide bonds. The van der Waals surface area contributed by atoms with E-state index in [-0.39, 0.29) is 0 Å². The van der Waals surface area contributed by atoms with E-state index in [2.05, 4.69) is 22.5 Å². The molecule has 0 N–H and O–H groups in total. The van der Waals surface area contributed by atoms with Crippen LogP contribution in [0.25, 0.3) is 4.48 Å². The van der Waals surface area contributed by atoms with Crippen molar-refractivity contribution < 1.29 is 13.2 Å². The van der Waals surface area contributed by atoms with E-state index in [4.69, 9.17) is 0 Å². The van der Waals surface area contributed by atoms with Gasteiger partial charge in [0.1, 0.15) is 0 Å². The zero-order valence-corrected chi connectivity index (χ0v) is 8.11. The average Bonchev–Trinajstić information content (AvgIpc) is 2.03. The van der Waals surface area contributed by atoms with Crippen molar-refractivity contribution >= 4 is 20.4 Å². The first-order chi connectivity index (χ1) is 5.91. The Morgan fingerprint density at radius 3 is 1.92 bits per heavy atom. The van der Waals surface area contributed by atoms with Gasteiger partial charge in [0.05, 0.1) is 5.56 Å². The third-order valence-electron chi connectivity index (χ3n) is 1.53. The van der Waals surface area contributed by atoms with Gasteiger partial charge in [-0.3, -0.25) is 0 Å². The molecule has 1 aromatic rings. The molecule has 1 rings (SSSR count). The van der Waals surface area contributed by atoms with Crippen LogP contribution in [-0.4, -0.2) is 0 Å². The summed E-state index contributed by atoms with van der Waals surface area (Å²) in [6.07, 6.45) is -4.27. The minimum Gasteiger partial charge on any atom is -0.166 e. The second-order valence-electron chi connectivity index (χ2n) is 2.48. The van der Waals surface area contributed by atoms with Crippen LogP contribution in [-0.2, 0) is 6.18 Å². The standard InChI is InChI=1S/C9H6BrF3/c1-6(10)7-2-4-8(5-3-7)9(11,12)13/h2-5H,1H2. The molecule has 0 saturated carbocycles. The van der Waals surface area contributed by atoms with E-state index >= 15 is 0 Å². The van der Waals surface area contributed by atoms with Crippen molar-refractivity contribution in [1.82, 2.24) is 0 Å². The highest BCUT2D eigenvalue weighted by Gasteiger charge is 2.29. The van der Waals surface area contributed by atoms with Crippen LogP contribution in [0.1, 0.15) is 11.1 Å². The molecular formula is C9H6BrF3. The highest BCUT2D eigenvalue weighted by molar-refractivity contribution is 9.15. The summed E-state index contributed by atoms with van der Waals surface area (Å²) in [5.74, 6) is 0. The molecule has 0 bridgehead atoms. The molecule has 0 aromatic heterocycles. The predicted octanol–water partition coefficient (Wildman–Crippen LogP) is 4.07. The lowest BCUT2D eigenvalue weighted by Gasteiger charge is -2.06. The number of rotatable bonds is 1. The van der Waals surface area contributed by atoms with Crippen molar-refractivity contribution in [1.29, 1.82) is 0 Å². The zero-order chi connectivity index (χ0) is 10.1. The molecule has 0 atom stereocenters. The monoisotopic (exact) mass is 250 g/mol. The summed E-state index contributed by atoms with van der Waals surface area (Å²) in [7, 11) is 0. The normalized spacial score (nSPS) is 11.4. The van der Waals surface area contributed by atoms with Crippen molar-refractivity contribution in [3.05, 3.63) is 42.0 Å². The first-order valence-electron chi connectivity index (χ1n) is 3.43. The predicted molar refractivity (Wildman–Crippen MR) is 49.4 cm³/mol. The molecule has 0 unspecified atom stereocenters. The molecule has 0 saturated heterocycles. The Kier molecular flexibility index (Phi) is 2.81. The first-order valence-corrected chi connectivity index (χ1v) is 4.22. The Hall–Kier alpha value is -0.770. The minimum absolute atomic E-state index is 0.571. The van der Waals surface area contributed by atoms with Crippen LogP contribution in [0.5, 0.6) is 0 Å². The van der Waals surface area contributed by atoms with Gasteiger partial charge in [-0.25, -0.2) is 0 Å². The maximum atomic E-state index is 12.1. The van der Waals surface area contributed by atoms with Crippen LogP contribution < -0.4 is 0 Å². The summed E-state index contributed by atoms with van der Waals surface area (Å²) in [6.45, 7) is 3.55. The molecule has 4 heteroatoms. The number of hydrogen-bond acceptors (Lipinski definition) is 0. The SMILES string of the molecule is C=C(Br)c1ccc(C(F)(F)F)cc1. The second kappa shape index (κ2) is 3.54. The van der Waals surface area contributed by atoms with Crippen molar-refractivity contribution in [2.75, 3.05) is 0 Å². The van der Waals surface area contributed by atoms with Gasteiger partial charge in [0.15, 0.2) is 0 Å². The van der Waals surface area contributed by atoms with Crippen molar-refractivity contribution in [2.45, 2.75) is 6.18 Å². The van der Waals surface area contributed by atoms with E-state index in [1.807, 2.05) is 0 Å². The van der Waals surface area contributed by atoms with Gasteiger partial charge in [0.2, 0.25) is 0 Å². The van der Waals surface area contributed by atoms with Gasteiger partial charge in [0, 0.05) is 4.48 Å². The van der Waals surface area contributed by atoms with Crippen LogP contribution in [0, 0.1) is 0 Å². The first kappa shape index (κ1) is 10.3. The smallest absolute Gasteiger partial charge is 0.166 e. The number of hydrogen-bond donors (Lipinski definition) is 0. The summed E-state index contributed by atoms with van der Waals surface area (Å²) < 4.78 is 36.8. The molecular weight excluding hydrogens is 245 g/mol. The Bertz CT molecular complexity index is 311. The Morgan fingerprint density at radius 1 is 1.15 bits per heavy atom. The molecule has 13 heavy (non-hydrogen) atoms. The topological polar surface area (TPSA) is 0 Å². The maximum Gasteiger partial charge on any atom is 0.416 e. The van der Waals surface area contributed by atoms with E-state index in [9.17, 15) is 13.2 Å². The largest absolute Gasteiger partial charge is 0.416 e. The van der Waals surface area contributed by atoms with Crippen LogP contribution >= 0.6 is 15.9 Å². The molecule has 0 aliphatic heterocycles. The molecule has 0 aliphatic carbocycles. The molecule has 0 fully saturated rings. The summed E-state index contributed by atoms with van der Waals surface area (Å²) in [4.78, 5) is 0. The number of halogens is 4. The van der Waals surface area contributed by atoms with Crippen molar-refractivity contribution in [2.24, 2.45) is 0 Å². The van der Waals surface area contributed by atoms with Gasteiger partial charge in [0.25, 0.3) is 0 Å². The van der Waals surface area contributed by atoms with Crippen LogP contribution in [0.3, 0.4) is 0 Å².